The Balaban J connectivity index is 1.71. The van der Waals surface area contributed by atoms with Crippen molar-refractivity contribution in [2.75, 3.05) is 5.32 Å². The summed E-state index contributed by atoms with van der Waals surface area (Å²) >= 11 is 1.55. The number of anilines is 1. The van der Waals surface area contributed by atoms with E-state index >= 15 is 0 Å². The molecule has 4 nitrogen and oxygen atoms in total. The van der Waals surface area contributed by atoms with Crippen molar-refractivity contribution in [1.82, 2.24) is 0 Å². The predicted molar refractivity (Wildman–Crippen MR) is 119 cm³/mol. The van der Waals surface area contributed by atoms with Gasteiger partial charge in [-0.1, -0.05) is 39.8 Å². The molecule has 154 valence electrons. The predicted octanol–water partition coefficient (Wildman–Crippen LogP) is 5.74. The lowest BCUT2D eigenvalue weighted by atomic mass is 9.72. The van der Waals surface area contributed by atoms with E-state index in [0.29, 0.717) is 22.2 Å². The molecule has 1 aliphatic carbocycles. The van der Waals surface area contributed by atoms with Crippen LogP contribution in [-0.2, 0) is 24.1 Å². The number of hydrogen-bond donors (Lipinski definition) is 1. The lowest BCUT2D eigenvalue weighted by Gasteiger charge is -2.33. The van der Waals surface area contributed by atoms with Crippen LogP contribution in [0.2, 0.25) is 0 Å². The van der Waals surface area contributed by atoms with E-state index < -0.39 is 6.10 Å². The lowest BCUT2D eigenvalue weighted by molar-refractivity contribution is -0.122. The molecule has 1 aromatic carbocycles. The van der Waals surface area contributed by atoms with Gasteiger partial charge in [0.1, 0.15) is 16.8 Å². The van der Waals surface area contributed by atoms with Crippen molar-refractivity contribution in [2.45, 2.75) is 66.4 Å². The molecular formula is C24H30N2O2S. The van der Waals surface area contributed by atoms with Gasteiger partial charge in [-0.3, -0.25) is 4.79 Å². The number of rotatable bonds is 5. The molecule has 29 heavy (non-hydrogen) atoms. The highest BCUT2D eigenvalue weighted by atomic mass is 32.1. The average molecular weight is 411 g/mol. The highest BCUT2D eigenvalue weighted by Gasteiger charge is 2.32. The van der Waals surface area contributed by atoms with Crippen LogP contribution >= 0.6 is 11.3 Å². The van der Waals surface area contributed by atoms with Crippen LogP contribution in [0.25, 0.3) is 0 Å². The summed E-state index contributed by atoms with van der Waals surface area (Å²) in [7, 11) is 0. The summed E-state index contributed by atoms with van der Waals surface area (Å²) in [6.45, 7) is 10.7. The highest BCUT2D eigenvalue weighted by molar-refractivity contribution is 7.16. The van der Waals surface area contributed by atoms with Crippen molar-refractivity contribution in [3.63, 3.8) is 0 Å². The van der Waals surface area contributed by atoms with Gasteiger partial charge in [-0.15, -0.1) is 11.3 Å². The smallest absolute Gasteiger partial charge is 0.265 e. The summed E-state index contributed by atoms with van der Waals surface area (Å²) in [5.74, 6) is 1.04. The zero-order valence-electron chi connectivity index (χ0n) is 18.0. The second kappa shape index (κ2) is 8.59. The maximum atomic E-state index is 12.7. The van der Waals surface area contributed by atoms with Gasteiger partial charge in [0.05, 0.1) is 5.56 Å². The summed E-state index contributed by atoms with van der Waals surface area (Å²) in [5.41, 5.74) is 3.22. The average Bonchev–Trinajstić information content (AvgIpc) is 3.03. The van der Waals surface area contributed by atoms with Gasteiger partial charge in [-0.25, -0.2) is 0 Å². The molecule has 3 rings (SSSR count). The number of fused-ring (bicyclic) bond motifs is 1. The number of aryl methyl sites for hydroxylation is 1. The summed E-state index contributed by atoms with van der Waals surface area (Å²) in [6, 6.07) is 10.1. The van der Waals surface area contributed by atoms with Gasteiger partial charge in [-0.05, 0) is 67.2 Å². The molecule has 0 aliphatic heterocycles. The topological polar surface area (TPSA) is 62.1 Å². The number of benzene rings is 1. The third-order valence-corrected chi connectivity index (χ3v) is 7.02. The first-order valence-corrected chi connectivity index (χ1v) is 11.2. The van der Waals surface area contributed by atoms with Gasteiger partial charge in [-0.2, -0.15) is 5.26 Å². The maximum absolute atomic E-state index is 12.7. The maximum Gasteiger partial charge on any atom is 0.265 e. The second-order valence-electron chi connectivity index (χ2n) is 8.87. The van der Waals surface area contributed by atoms with Crippen LogP contribution in [0.15, 0.2) is 24.3 Å². The largest absolute Gasteiger partial charge is 0.481 e. The van der Waals surface area contributed by atoms with E-state index in [1.807, 2.05) is 24.3 Å². The van der Waals surface area contributed by atoms with Crippen LogP contribution in [0, 0.1) is 22.7 Å². The Morgan fingerprint density at radius 2 is 2.03 bits per heavy atom. The van der Waals surface area contributed by atoms with Crippen molar-refractivity contribution < 1.29 is 9.53 Å². The quantitative estimate of drug-likeness (QED) is 0.684. The van der Waals surface area contributed by atoms with Gasteiger partial charge in [0.15, 0.2) is 6.10 Å². The molecule has 0 bridgehead atoms. The fraction of sp³-hybridized carbons (Fsp3) is 0.500. The van der Waals surface area contributed by atoms with Crippen LogP contribution in [0.4, 0.5) is 5.00 Å². The molecule has 1 N–H and O–H groups in total. The number of nitrogens with zero attached hydrogens (tertiary/aromatic N) is 1. The monoisotopic (exact) mass is 410 g/mol. The number of hydrogen-bond acceptors (Lipinski definition) is 4. The molecule has 1 heterocycles. The van der Waals surface area contributed by atoms with Crippen LogP contribution in [-0.4, -0.2) is 12.0 Å². The molecule has 0 saturated carbocycles. The normalized spacial score (nSPS) is 17.2. The number of carbonyl (C=O) groups is 1. The molecule has 1 aliphatic rings. The van der Waals surface area contributed by atoms with Crippen molar-refractivity contribution >= 4 is 22.2 Å². The summed E-state index contributed by atoms with van der Waals surface area (Å²) < 4.78 is 5.79. The molecule has 0 unspecified atom stereocenters. The highest BCUT2D eigenvalue weighted by Crippen LogP contribution is 2.44. The van der Waals surface area contributed by atoms with E-state index in [1.54, 1.807) is 18.3 Å². The van der Waals surface area contributed by atoms with E-state index in [0.717, 1.165) is 31.2 Å². The third kappa shape index (κ3) is 4.82. The minimum Gasteiger partial charge on any atom is -0.481 e. The molecule has 0 fully saturated rings. The number of nitriles is 1. The molecule has 5 heteroatoms. The van der Waals surface area contributed by atoms with Crippen molar-refractivity contribution in [2.24, 2.45) is 11.3 Å². The molecule has 0 saturated heterocycles. The number of thiophene rings is 1. The third-order valence-electron chi connectivity index (χ3n) is 5.85. The van der Waals surface area contributed by atoms with Gasteiger partial charge in [0.2, 0.25) is 0 Å². The Morgan fingerprint density at radius 1 is 1.34 bits per heavy atom. The van der Waals surface area contributed by atoms with E-state index in [9.17, 15) is 10.1 Å². The first-order chi connectivity index (χ1) is 13.7. The molecule has 0 spiro atoms. The first-order valence-electron chi connectivity index (χ1n) is 10.3. The second-order valence-corrected chi connectivity index (χ2v) is 9.98. The Kier molecular flexibility index (Phi) is 6.33. The Hall–Kier alpha value is -2.32. The molecule has 0 radical (unpaired) electrons. The zero-order chi connectivity index (χ0) is 21.2. The van der Waals surface area contributed by atoms with E-state index in [1.165, 1.54) is 10.4 Å². The molecule has 1 aromatic heterocycles. The van der Waals surface area contributed by atoms with Gasteiger partial charge >= 0.3 is 0 Å². The zero-order valence-corrected chi connectivity index (χ0v) is 18.8. The molecular weight excluding hydrogens is 380 g/mol. The number of amides is 1. The minimum atomic E-state index is -0.643. The number of nitrogens with one attached hydrogen (secondary N) is 1. The summed E-state index contributed by atoms with van der Waals surface area (Å²) in [5, 5.41) is 13.3. The fourth-order valence-corrected chi connectivity index (χ4v) is 5.09. The number of ether oxygens (including phenoxy) is 1. The standard InChI is InChI=1S/C24H30N2O2S/c1-6-16-7-10-18(11-8-16)28-15(2)22(27)26-23-20(14-25)19-12-9-17(24(3,4)5)13-21(19)29-23/h7-8,10-11,15,17H,6,9,12-13H2,1-5H3,(H,26,27)/t15-,17+/m0/s1. The van der Waals surface area contributed by atoms with Crippen molar-refractivity contribution in [1.29, 1.82) is 5.26 Å². The first kappa shape index (κ1) is 21.4. The summed E-state index contributed by atoms with van der Waals surface area (Å²) in [6.07, 6.45) is 3.29. The Labute approximate surface area is 177 Å². The van der Waals surface area contributed by atoms with Gasteiger partial charge in [0, 0.05) is 4.88 Å². The molecule has 2 atom stereocenters. The van der Waals surface area contributed by atoms with Gasteiger partial charge < -0.3 is 10.1 Å². The van der Waals surface area contributed by atoms with Gasteiger partial charge in [0.25, 0.3) is 5.91 Å². The Morgan fingerprint density at radius 3 is 2.62 bits per heavy atom. The number of carbonyl (C=O) groups excluding carboxylic acids is 1. The van der Waals surface area contributed by atoms with E-state index in [2.05, 4.69) is 39.1 Å². The fourth-order valence-electron chi connectivity index (χ4n) is 3.81. The Bertz CT molecular complexity index is 916. The lowest BCUT2D eigenvalue weighted by Crippen LogP contribution is -2.30. The van der Waals surface area contributed by atoms with Crippen LogP contribution < -0.4 is 10.1 Å². The summed E-state index contributed by atoms with van der Waals surface area (Å²) in [4.78, 5) is 13.9. The van der Waals surface area contributed by atoms with E-state index in [4.69, 9.17) is 4.74 Å². The van der Waals surface area contributed by atoms with Crippen LogP contribution in [0.5, 0.6) is 5.75 Å². The van der Waals surface area contributed by atoms with Crippen molar-refractivity contribution in [3.05, 3.63) is 45.8 Å². The minimum absolute atomic E-state index is 0.230. The van der Waals surface area contributed by atoms with Crippen LogP contribution in [0.1, 0.15) is 62.6 Å². The van der Waals surface area contributed by atoms with E-state index in [-0.39, 0.29) is 11.3 Å². The molecule has 2 aromatic rings. The SMILES string of the molecule is CCc1ccc(O[C@@H](C)C(=O)Nc2sc3c(c2C#N)CC[C@@H](C(C)(C)C)C3)cc1. The molecule has 1 amide bonds. The van der Waals surface area contributed by atoms with Crippen molar-refractivity contribution in [3.8, 4) is 11.8 Å². The van der Waals surface area contributed by atoms with Crippen LogP contribution in [0.3, 0.4) is 0 Å².